The van der Waals surface area contributed by atoms with Gasteiger partial charge in [-0.1, -0.05) is 45.1 Å². The minimum Gasteiger partial charge on any atom is -0.288 e. The molecule has 4 aliphatic rings. The quantitative estimate of drug-likeness (QED) is 0.400. The van der Waals surface area contributed by atoms with Crippen LogP contribution in [0.2, 0.25) is 0 Å². The average molecular weight is 352 g/mol. The molecule has 1 nitrogen and oxygen atoms in total. The molecule has 0 radical (unpaired) electrons. The van der Waals surface area contributed by atoms with Crippen LogP contribution in [0, 0.1) is 40.9 Å². The molecule has 142 valence electrons. The number of fused-ring (bicyclic) bond motifs is 5. The molecule has 0 amide bonds. The summed E-state index contributed by atoms with van der Waals surface area (Å²) in [6.07, 6.45) is 20.2. The minimum absolute atomic E-state index is 0.344. The molecule has 3 fully saturated rings. The van der Waals surface area contributed by atoms with Crippen LogP contribution in [0.25, 0.3) is 0 Å². The van der Waals surface area contributed by atoms with Gasteiger partial charge in [0.15, 0.2) is 0 Å². The van der Waals surface area contributed by atoms with E-state index in [9.17, 15) is 0 Å². The highest BCUT2D eigenvalue weighted by atomic mass is 14.7. The Hall–Kier alpha value is -1.11. The van der Waals surface area contributed by atoms with Crippen LogP contribution in [0.15, 0.2) is 41.4 Å². The Labute approximate surface area is 160 Å². The summed E-state index contributed by atoms with van der Waals surface area (Å²) in [5.74, 6) is 5.88. The Morgan fingerprint density at radius 2 is 1.96 bits per heavy atom. The highest BCUT2D eigenvalue weighted by molar-refractivity contribution is 6.09. The van der Waals surface area contributed by atoms with E-state index in [1.165, 1.54) is 62.7 Å². The summed E-state index contributed by atoms with van der Waals surface area (Å²) in [6, 6.07) is 0. The third-order valence-electron chi connectivity index (χ3n) is 8.70. The second kappa shape index (κ2) is 7.13. The van der Waals surface area contributed by atoms with Gasteiger partial charge >= 0.3 is 0 Å². The molecule has 3 saturated carbocycles. The molecule has 0 spiro atoms. The summed E-state index contributed by atoms with van der Waals surface area (Å²) in [6.45, 7) is 8.86. The lowest BCUT2D eigenvalue weighted by Gasteiger charge is -2.56. The Morgan fingerprint density at radius 1 is 1.15 bits per heavy atom. The fraction of sp³-hybridized carbons (Fsp3) is 0.720. The molecule has 7 atom stereocenters. The number of aliphatic imine (C=N–C) groups is 1. The van der Waals surface area contributed by atoms with E-state index >= 15 is 0 Å². The number of rotatable bonds is 3. The van der Waals surface area contributed by atoms with Crippen LogP contribution in [0.4, 0.5) is 0 Å². The molecule has 7 unspecified atom stereocenters. The Bertz CT molecular complexity index is 639. The summed E-state index contributed by atoms with van der Waals surface area (Å²) in [7, 11) is 1.94. The molecule has 1 heteroatoms. The van der Waals surface area contributed by atoms with E-state index in [1.807, 2.05) is 19.2 Å². The monoisotopic (exact) mass is 351 g/mol. The van der Waals surface area contributed by atoms with Gasteiger partial charge in [0.05, 0.1) is 5.71 Å². The topological polar surface area (TPSA) is 12.4 Å². The summed E-state index contributed by atoms with van der Waals surface area (Å²) in [4.78, 5) is 4.64. The van der Waals surface area contributed by atoms with Gasteiger partial charge in [-0.2, -0.15) is 0 Å². The van der Waals surface area contributed by atoms with E-state index in [2.05, 4.69) is 37.6 Å². The third-order valence-corrected chi connectivity index (χ3v) is 8.70. The first-order valence-electron chi connectivity index (χ1n) is 11.1. The molecule has 0 N–H and O–H groups in total. The number of hydrogen-bond donors (Lipinski definition) is 0. The van der Waals surface area contributed by atoms with Crippen molar-refractivity contribution in [2.24, 2.45) is 45.9 Å². The van der Waals surface area contributed by atoms with Crippen LogP contribution < -0.4 is 0 Å². The van der Waals surface area contributed by atoms with Crippen molar-refractivity contribution in [3.8, 4) is 0 Å². The van der Waals surface area contributed by atoms with Crippen molar-refractivity contribution >= 4 is 5.71 Å². The zero-order valence-electron chi connectivity index (χ0n) is 17.1. The summed E-state index contributed by atoms with van der Waals surface area (Å²) >= 11 is 0. The van der Waals surface area contributed by atoms with Crippen molar-refractivity contribution in [3.05, 3.63) is 36.5 Å². The van der Waals surface area contributed by atoms with Gasteiger partial charge in [-0.15, -0.1) is 0 Å². The maximum absolute atomic E-state index is 4.64. The van der Waals surface area contributed by atoms with Crippen molar-refractivity contribution in [3.63, 3.8) is 0 Å². The van der Waals surface area contributed by atoms with Crippen molar-refractivity contribution < 1.29 is 0 Å². The van der Waals surface area contributed by atoms with E-state index in [1.54, 1.807) is 0 Å². The summed E-state index contributed by atoms with van der Waals surface area (Å²) in [5.41, 5.74) is 3.06. The van der Waals surface area contributed by atoms with Gasteiger partial charge in [0.2, 0.25) is 0 Å². The Balaban J connectivity index is 1.56. The molecule has 4 rings (SSSR count). The average Bonchev–Trinajstić information content (AvgIpc) is 2.99. The van der Waals surface area contributed by atoms with E-state index in [0.717, 1.165) is 35.5 Å². The lowest BCUT2D eigenvalue weighted by molar-refractivity contribution is -0.0480. The first kappa shape index (κ1) is 18.3. The van der Waals surface area contributed by atoms with E-state index in [0.29, 0.717) is 5.41 Å². The molecule has 0 bridgehead atoms. The zero-order valence-corrected chi connectivity index (χ0v) is 17.1. The standard InChI is InChI=1S/C25H37N/c1-5-6-7-24(26-4)23-13-12-22-21-11-9-18-16-17(2)8-10-19(18)20(21)14-15-25(22,23)3/h5-7,13,17-22H,1,8-12,14-16H2,2-4H3/b7-6-,26-24?. The molecule has 0 saturated heterocycles. The van der Waals surface area contributed by atoms with Crippen LogP contribution in [0.5, 0.6) is 0 Å². The normalized spacial score (nSPS) is 45.7. The molecular weight excluding hydrogens is 314 g/mol. The van der Waals surface area contributed by atoms with Gasteiger partial charge in [0.1, 0.15) is 0 Å². The van der Waals surface area contributed by atoms with Gasteiger partial charge in [-0.3, -0.25) is 4.99 Å². The van der Waals surface area contributed by atoms with Crippen LogP contribution in [-0.2, 0) is 0 Å². The molecule has 0 heterocycles. The molecule has 0 aromatic heterocycles. The molecule has 4 aliphatic carbocycles. The largest absolute Gasteiger partial charge is 0.288 e. The van der Waals surface area contributed by atoms with Gasteiger partial charge in [-0.05, 0) is 97.5 Å². The number of hydrogen-bond acceptors (Lipinski definition) is 1. The van der Waals surface area contributed by atoms with Crippen molar-refractivity contribution in [2.45, 2.75) is 65.2 Å². The van der Waals surface area contributed by atoms with Crippen LogP contribution in [0.1, 0.15) is 65.2 Å². The highest BCUT2D eigenvalue weighted by Crippen LogP contribution is 2.63. The smallest absolute Gasteiger partial charge is 0.0605 e. The highest BCUT2D eigenvalue weighted by Gasteiger charge is 2.54. The fourth-order valence-electron chi connectivity index (χ4n) is 7.50. The molecule has 0 aromatic rings. The number of nitrogens with zero attached hydrogens (tertiary/aromatic N) is 1. The van der Waals surface area contributed by atoms with Gasteiger partial charge in [0.25, 0.3) is 0 Å². The minimum atomic E-state index is 0.344. The molecular formula is C25H37N. The predicted molar refractivity (Wildman–Crippen MR) is 112 cm³/mol. The Kier molecular flexibility index (Phi) is 5.01. The first-order chi connectivity index (χ1) is 12.6. The first-order valence-corrected chi connectivity index (χ1v) is 11.1. The van der Waals surface area contributed by atoms with Crippen molar-refractivity contribution in [2.75, 3.05) is 7.05 Å². The second-order valence-corrected chi connectivity index (χ2v) is 9.87. The molecule has 0 aromatic carbocycles. The molecule has 0 aliphatic heterocycles. The van der Waals surface area contributed by atoms with Gasteiger partial charge < -0.3 is 0 Å². The van der Waals surface area contributed by atoms with Crippen molar-refractivity contribution in [1.82, 2.24) is 0 Å². The van der Waals surface area contributed by atoms with Gasteiger partial charge in [-0.25, -0.2) is 0 Å². The van der Waals surface area contributed by atoms with Crippen LogP contribution in [0.3, 0.4) is 0 Å². The zero-order chi connectivity index (χ0) is 18.3. The van der Waals surface area contributed by atoms with Crippen LogP contribution in [-0.4, -0.2) is 12.8 Å². The summed E-state index contributed by atoms with van der Waals surface area (Å²) in [5, 5.41) is 0. The second-order valence-electron chi connectivity index (χ2n) is 9.87. The van der Waals surface area contributed by atoms with E-state index in [-0.39, 0.29) is 0 Å². The maximum Gasteiger partial charge on any atom is 0.0605 e. The predicted octanol–water partition coefficient (Wildman–Crippen LogP) is 6.62. The maximum atomic E-state index is 4.64. The lowest BCUT2D eigenvalue weighted by atomic mass is 9.49. The number of allylic oxidation sites excluding steroid dienone is 5. The van der Waals surface area contributed by atoms with E-state index < -0.39 is 0 Å². The fourth-order valence-corrected chi connectivity index (χ4v) is 7.50. The van der Waals surface area contributed by atoms with Crippen LogP contribution >= 0.6 is 0 Å². The lowest BCUT2D eigenvalue weighted by Crippen LogP contribution is -2.48. The van der Waals surface area contributed by atoms with Gasteiger partial charge in [0, 0.05) is 7.05 Å². The summed E-state index contributed by atoms with van der Waals surface area (Å²) < 4.78 is 0. The third kappa shape index (κ3) is 2.86. The van der Waals surface area contributed by atoms with Crippen molar-refractivity contribution in [1.29, 1.82) is 0 Å². The molecule has 26 heavy (non-hydrogen) atoms. The van der Waals surface area contributed by atoms with E-state index in [4.69, 9.17) is 0 Å². The SMILES string of the molecule is C=C/C=C\C(=NC)C1=CCC2C3CCC4CC(C)CCC4C3CCC12C. The Morgan fingerprint density at radius 3 is 2.73 bits per heavy atom.